The largest absolute Gasteiger partial charge is 1.00 e. The van der Waals surface area contributed by atoms with E-state index in [4.69, 9.17) is 18.9 Å². The standard InChI is InChI=1S/C12H25N2O4PSi2.Li/c1-20(2,11-7-5-9-13)17-19(15,16)18-21(3,4)12-8-6-10-14;/h5-8,11-12H2,1-4H3,(H,15,16);/q;+1/p-1. The van der Waals surface area contributed by atoms with Crippen molar-refractivity contribution in [1.82, 2.24) is 0 Å². The van der Waals surface area contributed by atoms with Gasteiger partial charge in [0.2, 0.25) is 7.82 Å². The minimum absolute atomic E-state index is 0. The van der Waals surface area contributed by atoms with Crippen LogP contribution in [0.3, 0.4) is 0 Å². The molecule has 0 aromatic carbocycles. The van der Waals surface area contributed by atoms with Crippen LogP contribution in [0.5, 0.6) is 0 Å². The zero-order chi connectivity index (χ0) is 16.6. The zero-order valence-electron chi connectivity index (χ0n) is 14.2. The van der Waals surface area contributed by atoms with Gasteiger partial charge in [-0.15, -0.1) is 0 Å². The second-order valence-corrected chi connectivity index (χ2v) is 16.6. The third-order valence-corrected chi connectivity index (χ3v) is 11.7. The average Bonchev–Trinajstić information content (AvgIpc) is 2.25. The normalized spacial score (nSPS) is 12.1. The predicted octanol–water partition coefficient (Wildman–Crippen LogP) is 0.510. The number of unbranched alkanes of at least 4 members (excludes halogenated alkanes) is 2. The Hall–Kier alpha value is 0.121. The fourth-order valence-corrected chi connectivity index (χ4v) is 10.0. The average molecular weight is 354 g/mol. The number of nitriles is 2. The molecule has 0 bridgehead atoms. The molecule has 0 aromatic heterocycles. The SMILES string of the molecule is C[Si](C)(CCCC#N)OP(=O)([O-])O[Si](C)(C)CCCC#N.[Li+]. The van der Waals surface area contributed by atoms with Crippen LogP contribution in [0.4, 0.5) is 0 Å². The van der Waals surface area contributed by atoms with Crippen LogP contribution >= 0.6 is 7.82 Å². The van der Waals surface area contributed by atoms with E-state index in [9.17, 15) is 9.46 Å². The van der Waals surface area contributed by atoms with E-state index in [1.165, 1.54) is 0 Å². The number of hydrogen-bond donors (Lipinski definition) is 0. The van der Waals surface area contributed by atoms with Gasteiger partial charge in [0.1, 0.15) is 0 Å². The molecule has 0 rings (SSSR count). The summed E-state index contributed by atoms with van der Waals surface area (Å²) in [5.41, 5.74) is 0. The minimum atomic E-state index is -4.33. The molecule has 0 aliphatic rings. The molecule has 6 nitrogen and oxygen atoms in total. The van der Waals surface area contributed by atoms with E-state index < -0.39 is 24.5 Å². The van der Waals surface area contributed by atoms with Crippen LogP contribution in [0, 0.1) is 22.7 Å². The van der Waals surface area contributed by atoms with Crippen LogP contribution in [0.1, 0.15) is 25.7 Å². The van der Waals surface area contributed by atoms with E-state index in [-0.39, 0.29) is 18.9 Å². The van der Waals surface area contributed by atoms with Crippen molar-refractivity contribution in [2.45, 2.75) is 64.0 Å². The summed E-state index contributed by atoms with van der Waals surface area (Å²) < 4.78 is 22.6. The quantitative estimate of drug-likeness (QED) is 0.321. The van der Waals surface area contributed by atoms with Crippen LogP contribution in [-0.4, -0.2) is 16.6 Å². The third kappa shape index (κ3) is 12.6. The maximum absolute atomic E-state index is 12.0. The monoisotopic (exact) mass is 354 g/mol. The molecule has 0 saturated carbocycles. The molecule has 0 aliphatic heterocycles. The fraction of sp³-hybridized carbons (Fsp3) is 0.833. The summed E-state index contributed by atoms with van der Waals surface area (Å²) in [6.07, 6.45) is 2.08. The van der Waals surface area contributed by atoms with E-state index >= 15 is 0 Å². The smallest absolute Gasteiger partial charge is 0.757 e. The first-order chi connectivity index (χ1) is 9.54. The van der Waals surface area contributed by atoms with E-state index in [1.807, 2.05) is 38.3 Å². The molecule has 120 valence electrons. The van der Waals surface area contributed by atoms with Crippen molar-refractivity contribution >= 4 is 24.5 Å². The van der Waals surface area contributed by atoms with Gasteiger partial charge in [-0.3, -0.25) is 4.57 Å². The number of phosphoric acid groups is 1. The summed E-state index contributed by atoms with van der Waals surface area (Å²) in [5.74, 6) is 0. The number of nitrogens with zero attached hydrogens (tertiary/aromatic N) is 2. The first kappa shape index (κ1) is 24.4. The molecular formula is C12H24LiN2O4PSi2. The Bertz CT molecular complexity index is 425. The van der Waals surface area contributed by atoms with Gasteiger partial charge in [-0.2, -0.15) is 10.5 Å². The number of hydrogen-bond acceptors (Lipinski definition) is 6. The van der Waals surface area contributed by atoms with Crippen LogP contribution in [-0.2, 0) is 13.0 Å². The van der Waals surface area contributed by atoms with E-state index in [0.29, 0.717) is 37.8 Å². The molecule has 0 unspecified atom stereocenters. The maximum Gasteiger partial charge on any atom is 1.00 e. The van der Waals surface area contributed by atoms with Gasteiger partial charge in [0.15, 0.2) is 16.6 Å². The van der Waals surface area contributed by atoms with Gasteiger partial charge in [0.25, 0.3) is 0 Å². The molecule has 0 radical (unpaired) electrons. The molecule has 22 heavy (non-hydrogen) atoms. The second-order valence-electron chi connectivity index (χ2n) is 6.17. The van der Waals surface area contributed by atoms with Crippen molar-refractivity contribution < 1.29 is 36.7 Å². The van der Waals surface area contributed by atoms with Gasteiger partial charge in [-0.1, -0.05) is 0 Å². The summed E-state index contributed by atoms with van der Waals surface area (Å²) in [5, 5.41) is 17.0. The Kier molecular flexibility index (Phi) is 12.0. The summed E-state index contributed by atoms with van der Waals surface area (Å²) >= 11 is 0. The maximum atomic E-state index is 12.0. The van der Waals surface area contributed by atoms with Crippen LogP contribution in [0.15, 0.2) is 0 Å². The summed E-state index contributed by atoms with van der Waals surface area (Å²) in [4.78, 5) is 12.0. The van der Waals surface area contributed by atoms with Gasteiger partial charge < -0.3 is 13.3 Å². The summed E-state index contributed by atoms with van der Waals surface area (Å²) in [7, 11) is -9.12. The van der Waals surface area contributed by atoms with Gasteiger partial charge in [-0.05, 0) is 51.1 Å². The molecule has 0 atom stereocenters. The molecule has 0 aliphatic carbocycles. The van der Waals surface area contributed by atoms with E-state index in [1.54, 1.807) is 0 Å². The molecule has 0 N–H and O–H groups in total. The summed E-state index contributed by atoms with van der Waals surface area (Å²) in [6.45, 7) is 7.23. The molecule has 0 spiro atoms. The molecule has 0 fully saturated rings. The Balaban J connectivity index is 0. The Morgan fingerprint density at radius 2 is 1.27 bits per heavy atom. The van der Waals surface area contributed by atoms with Crippen LogP contribution < -0.4 is 23.8 Å². The topological polar surface area (TPSA) is 106 Å². The first-order valence-corrected chi connectivity index (χ1v) is 14.7. The molecule has 0 aromatic rings. The molecule has 10 heteroatoms. The first-order valence-electron chi connectivity index (χ1n) is 7.00. The molecule has 0 amide bonds. The van der Waals surface area contributed by atoms with E-state index in [2.05, 4.69) is 0 Å². The predicted molar refractivity (Wildman–Crippen MR) is 84.0 cm³/mol. The summed E-state index contributed by atoms with van der Waals surface area (Å²) in [6, 6.07) is 5.29. The van der Waals surface area contributed by atoms with Crippen molar-refractivity contribution in [2.75, 3.05) is 0 Å². The minimum Gasteiger partial charge on any atom is -0.757 e. The van der Waals surface area contributed by atoms with Crippen molar-refractivity contribution in [2.24, 2.45) is 0 Å². The Morgan fingerprint density at radius 3 is 1.55 bits per heavy atom. The van der Waals surface area contributed by atoms with Crippen molar-refractivity contribution in [3.8, 4) is 12.1 Å². The van der Waals surface area contributed by atoms with Crippen molar-refractivity contribution in [3.63, 3.8) is 0 Å². The number of rotatable bonds is 10. The van der Waals surface area contributed by atoms with Gasteiger partial charge in [0, 0.05) is 12.8 Å². The van der Waals surface area contributed by atoms with Crippen molar-refractivity contribution in [3.05, 3.63) is 0 Å². The Morgan fingerprint density at radius 1 is 0.955 bits per heavy atom. The van der Waals surface area contributed by atoms with Crippen molar-refractivity contribution in [1.29, 1.82) is 10.5 Å². The molecule has 0 saturated heterocycles. The molecular weight excluding hydrogens is 330 g/mol. The molecule has 0 heterocycles. The second kappa shape index (κ2) is 10.8. The van der Waals surface area contributed by atoms with Gasteiger partial charge >= 0.3 is 18.9 Å². The fourth-order valence-electron chi connectivity index (χ4n) is 1.90. The van der Waals surface area contributed by atoms with Crippen LogP contribution in [0.2, 0.25) is 38.3 Å². The van der Waals surface area contributed by atoms with E-state index in [0.717, 1.165) is 0 Å². The van der Waals surface area contributed by atoms with Gasteiger partial charge in [0.05, 0.1) is 12.1 Å². The van der Waals surface area contributed by atoms with Gasteiger partial charge in [-0.25, -0.2) is 0 Å². The Labute approximate surface area is 147 Å². The zero-order valence-corrected chi connectivity index (χ0v) is 17.1. The third-order valence-electron chi connectivity index (χ3n) is 2.85. The van der Waals surface area contributed by atoms with Crippen LogP contribution in [0.25, 0.3) is 0 Å².